The van der Waals surface area contributed by atoms with E-state index in [2.05, 4.69) is 0 Å². The van der Waals surface area contributed by atoms with E-state index in [0.717, 1.165) is 18.2 Å². The number of alkyl halides is 6. The third kappa shape index (κ3) is 4.48. The highest BCUT2D eigenvalue weighted by atomic mass is 19.4. The summed E-state index contributed by atoms with van der Waals surface area (Å²) in [6, 6.07) is 11.1. The van der Waals surface area contributed by atoms with Gasteiger partial charge in [-0.2, -0.15) is 63.2 Å². The van der Waals surface area contributed by atoms with Crippen molar-refractivity contribution >= 4 is 11.1 Å². The monoisotopic (exact) mass is 491 g/mol. The Labute approximate surface area is 197 Å². The molecule has 0 saturated heterocycles. The van der Waals surface area contributed by atoms with Gasteiger partial charge in [-0.1, -0.05) is 0 Å². The second-order valence-electron chi connectivity index (χ2n) is 6.57. The van der Waals surface area contributed by atoms with Gasteiger partial charge in [0.25, 0.3) is 0 Å². The Morgan fingerprint density at radius 3 is 1.44 bits per heavy atom. The topological polar surface area (TPSA) is 167 Å². The minimum atomic E-state index is -5.73. The smallest absolute Gasteiger partial charge is 0.192 e. The van der Waals surface area contributed by atoms with Crippen LogP contribution in [0.15, 0.2) is 18.2 Å². The maximum absolute atomic E-state index is 13.7. The Morgan fingerprint density at radius 2 is 1.11 bits per heavy atom. The van der Waals surface area contributed by atoms with Gasteiger partial charge in [-0.05, 0) is 23.4 Å². The number of benzene rings is 2. The van der Waals surface area contributed by atoms with Crippen molar-refractivity contribution in [3.8, 4) is 42.5 Å². The van der Waals surface area contributed by atoms with E-state index in [1.165, 1.54) is 24.3 Å². The van der Waals surface area contributed by atoms with Crippen molar-refractivity contribution in [2.45, 2.75) is 12.4 Å². The van der Waals surface area contributed by atoms with Crippen LogP contribution in [0.3, 0.4) is 0 Å². The minimum Gasteiger partial charge on any atom is -0.192 e. The molecule has 2 aromatic carbocycles. The third-order valence-corrected chi connectivity index (χ3v) is 4.65. The summed E-state index contributed by atoms with van der Waals surface area (Å²) in [5.74, 6) is 0. The molecule has 0 radical (unpaired) electrons. The van der Waals surface area contributed by atoms with Crippen molar-refractivity contribution in [1.82, 2.24) is 0 Å². The van der Waals surface area contributed by atoms with Gasteiger partial charge in [0, 0.05) is 10.8 Å². The van der Waals surface area contributed by atoms with Crippen LogP contribution < -0.4 is 10.4 Å². The van der Waals surface area contributed by atoms with Gasteiger partial charge >= 0.3 is 12.4 Å². The molecule has 0 aliphatic rings. The van der Waals surface area contributed by atoms with E-state index >= 15 is 0 Å². The Bertz CT molecular complexity index is 1670. The van der Waals surface area contributed by atoms with Crippen molar-refractivity contribution in [3.05, 3.63) is 67.6 Å². The second kappa shape index (κ2) is 9.59. The summed E-state index contributed by atoms with van der Waals surface area (Å²) >= 11 is 0. The maximum atomic E-state index is 13.7. The average Bonchev–Trinajstić information content (AvgIpc) is 2.83. The fourth-order valence-corrected chi connectivity index (χ4v) is 3.29. The zero-order valence-electron chi connectivity index (χ0n) is 17.1. The first-order valence-corrected chi connectivity index (χ1v) is 8.93. The number of halogens is 6. The van der Waals surface area contributed by atoms with Crippen molar-refractivity contribution in [2.75, 3.05) is 0 Å². The number of hydrogen-bond acceptors (Lipinski definition) is 7. The number of hydrogen-bond donors (Lipinski definition) is 0. The summed E-state index contributed by atoms with van der Waals surface area (Å²) in [5.41, 5.74) is -11.3. The van der Waals surface area contributed by atoms with Crippen molar-refractivity contribution in [2.24, 2.45) is 0 Å². The van der Waals surface area contributed by atoms with Gasteiger partial charge in [-0.3, -0.25) is 0 Å². The summed E-state index contributed by atoms with van der Waals surface area (Å²) in [7, 11) is 0. The van der Waals surface area contributed by atoms with Crippen LogP contribution in [-0.4, -0.2) is 0 Å². The van der Waals surface area contributed by atoms with Gasteiger partial charge < -0.3 is 0 Å². The minimum absolute atomic E-state index is 0.154. The van der Waals surface area contributed by atoms with Crippen molar-refractivity contribution in [3.63, 3.8) is 0 Å². The summed E-state index contributed by atoms with van der Waals surface area (Å²) < 4.78 is 81.3. The maximum Gasteiger partial charge on any atom is 0.418 e. The van der Waals surface area contributed by atoms with Crippen molar-refractivity contribution in [1.29, 1.82) is 36.8 Å². The van der Waals surface area contributed by atoms with Crippen molar-refractivity contribution < 1.29 is 26.3 Å². The lowest BCUT2D eigenvalue weighted by atomic mass is 9.86. The lowest BCUT2D eigenvalue weighted by Gasteiger charge is -2.20. The molecule has 0 fully saturated rings. The Kier molecular flexibility index (Phi) is 7.04. The molecule has 13 heteroatoms. The third-order valence-electron chi connectivity index (χ3n) is 4.65. The first-order chi connectivity index (χ1) is 16.8. The molecule has 172 valence electrons. The predicted molar refractivity (Wildman–Crippen MR) is 104 cm³/mol. The fourth-order valence-electron chi connectivity index (χ4n) is 3.29. The standard InChI is InChI=1S/C23H3F6N7/c24-22(25,26)18-3-14(6-32)20(17(10-36)21(18)23(27,28)29)16(9-35)11-1-12(4-30)19(13(2-11)5-31)15(7-33)8-34/h1-3H. The fraction of sp³-hybridized carbons (Fsp3) is 0.0870. The zero-order valence-corrected chi connectivity index (χ0v) is 17.1. The van der Waals surface area contributed by atoms with Gasteiger partial charge in [-0.25, -0.2) is 0 Å². The SMILES string of the molecule is N#CC(c1c(C#N)cc(C(F)(F)F)c(C(F)(F)F)c1C#N)=c1cc(C#N)c(=C(C#N)C#N)c(C#N)c1. The first-order valence-electron chi connectivity index (χ1n) is 8.93. The molecule has 0 spiro atoms. The molecule has 0 bridgehead atoms. The molecule has 0 heterocycles. The molecular weight excluding hydrogens is 488 g/mol. The summed E-state index contributed by atoms with van der Waals surface area (Å²) in [4.78, 5) is 0. The van der Waals surface area contributed by atoms with E-state index in [1.807, 2.05) is 0 Å². The zero-order chi connectivity index (χ0) is 27.4. The molecule has 0 aliphatic carbocycles. The van der Waals surface area contributed by atoms with E-state index < -0.39 is 72.9 Å². The van der Waals surface area contributed by atoms with Crippen LogP contribution in [0.4, 0.5) is 26.3 Å². The number of rotatable bonds is 1. The van der Waals surface area contributed by atoms with Gasteiger partial charge in [0.2, 0.25) is 0 Å². The molecule has 0 atom stereocenters. The van der Waals surface area contributed by atoms with Gasteiger partial charge in [0.15, 0.2) is 0 Å². The molecule has 2 aromatic rings. The quantitative estimate of drug-likeness (QED) is 0.552. The van der Waals surface area contributed by atoms with E-state index in [4.69, 9.17) is 10.5 Å². The molecule has 0 saturated carbocycles. The van der Waals surface area contributed by atoms with Gasteiger partial charge in [-0.15, -0.1) is 0 Å². The molecule has 0 aliphatic heterocycles. The van der Waals surface area contributed by atoms with E-state index in [1.54, 1.807) is 12.1 Å². The van der Waals surface area contributed by atoms with E-state index in [-0.39, 0.29) is 6.07 Å². The van der Waals surface area contributed by atoms with Crippen LogP contribution in [0.5, 0.6) is 0 Å². The van der Waals surface area contributed by atoms with Crippen LogP contribution in [0.25, 0.3) is 11.1 Å². The van der Waals surface area contributed by atoms with Crippen LogP contribution >= 0.6 is 0 Å². The number of nitrogens with zero attached hydrogens (tertiary/aromatic N) is 7. The highest BCUT2D eigenvalue weighted by Crippen LogP contribution is 2.44. The lowest BCUT2D eigenvalue weighted by Crippen LogP contribution is -2.23. The van der Waals surface area contributed by atoms with Crippen LogP contribution in [-0.2, 0) is 12.4 Å². The normalized spacial score (nSPS) is 10.3. The molecule has 36 heavy (non-hydrogen) atoms. The molecule has 7 nitrogen and oxygen atoms in total. The molecule has 0 N–H and O–H groups in total. The van der Waals surface area contributed by atoms with E-state index in [0.29, 0.717) is 0 Å². The highest BCUT2D eigenvalue weighted by molar-refractivity contribution is 5.85. The molecule has 0 amide bonds. The number of nitriles is 7. The molecule has 0 aromatic heterocycles. The molecule has 0 unspecified atom stereocenters. The Morgan fingerprint density at radius 1 is 0.611 bits per heavy atom. The Hall–Kier alpha value is -5.81. The summed E-state index contributed by atoms with van der Waals surface area (Å²) in [5, 5.41) is 64.6. The van der Waals surface area contributed by atoms with Gasteiger partial charge in [0.05, 0.1) is 57.2 Å². The van der Waals surface area contributed by atoms with Gasteiger partial charge in [0.1, 0.15) is 29.8 Å². The highest BCUT2D eigenvalue weighted by Gasteiger charge is 2.47. The largest absolute Gasteiger partial charge is 0.418 e. The first kappa shape index (κ1) is 26.4. The summed E-state index contributed by atoms with van der Waals surface area (Å²) in [6.07, 6.45) is -11.4. The van der Waals surface area contributed by atoms with Crippen LogP contribution in [0.2, 0.25) is 0 Å². The lowest BCUT2D eigenvalue weighted by molar-refractivity contribution is -0.162. The van der Waals surface area contributed by atoms with Crippen LogP contribution in [0.1, 0.15) is 38.9 Å². The second-order valence-corrected chi connectivity index (χ2v) is 6.57. The molecule has 2 rings (SSSR count). The van der Waals surface area contributed by atoms with E-state index in [9.17, 15) is 52.7 Å². The van der Waals surface area contributed by atoms with Crippen LogP contribution in [0, 0.1) is 79.3 Å². The predicted octanol–water partition coefficient (Wildman–Crippen LogP) is 3.13. The average molecular weight is 491 g/mol. The molecular formula is C23H3F6N7. The summed E-state index contributed by atoms with van der Waals surface area (Å²) in [6.45, 7) is 0. The Balaban J connectivity index is 3.39.